The quantitative estimate of drug-likeness (QED) is 0.296. The molecular formula is C20H39IN6O2. The molecule has 0 aliphatic carbocycles. The number of guanidine groups is 1. The summed E-state index contributed by atoms with van der Waals surface area (Å²) in [5, 5.41) is 6.26. The van der Waals surface area contributed by atoms with Crippen molar-refractivity contribution in [1.82, 2.24) is 25.3 Å². The summed E-state index contributed by atoms with van der Waals surface area (Å²) in [6.45, 7) is 7.21. The molecule has 168 valence electrons. The first-order chi connectivity index (χ1) is 13.4. The third-order valence-corrected chi connectivity index (χ3v) is 5.93. The number of halogens is 1. The zero-order chi connectivity index (χ0) is 20.5. The highest BCUT2D eigenvalue weighted by Gasteiger charge is 2.26. The molecule has 0 radical (unpaired) electrons. The van der Waals surface area contributed by atoms with Crippen LogP contribution < -0.4 is 10.6 Å². The fourth-order valence-corrected chi connectivity index (χ4v) is 4.02. The Hall–Kier alpha value is -1.10. The molecule has 2 heterocycles. The van der Waals surface area contributed by atoms with E-state index < -0.39 is 0 Å². The van der Waals surface area contributed by atoms with Crippen LogP contribution in [0.5, 0.6) is 0 Å². The van der Waals surface area contributed by atoms with E-state index >= 15 is 0 Å². The summed E-state index contributed by atoms with van der Waals surface area (Å²) in [7, 11) is 5.20. The molecule has 0 bridgehead atoms. The van der Waals surface area contributed by atoms with Crippen molar-refractivity contribution in [3.05, 3.63) is 0 Å². The van der Waals surface area contributed by atoms with Crippen molar-refractivity contribution in [3.63, 3.8) is 0 Å². The van der Waals surface area contributed by atoms with Gasteiger partial charge in [0.15, 0.2) is 5.96 Å². The highest BCUT2D eigenvalue weighted by Crippen LogP contribution is 2.21. The minimum atomic E-state index is 0. The van der Waals surface area contributed by atoms with E-state index in [1.165, 1.54) is 19.4 Å². The van der Waals surface area contributed by atoms with Crippen LogP contribution in [-0.4, -0.2) is 98.9 Å². The van der Waals surface area contributed by atoms with Gasteiger partial charge in [-0.2, -0.15) is 0 Å². The number of hydrogen-bond donors (Lipinski definition) is 2. The normalized spacial score (nSPS) is 20.9. The SMILES string of the molecule is CCN1CCCC1CNC(=NCC(=O)N(C)C)N1CCC(CC(=O)NC)CC1.I. The fraction of sp³-hybridized carbons (Fsp3) is 0.850. The Balaban J connectivity index is 0.00000420. The van der Waals surface area contributed by atoms with Crippen molar-refractivity contribution in [2.24, 2.45) is 10.9 Å². The summed E-state index contributed by atoms with van der Waals surface area (Å²) in [5.74, 6) is 1.37. The summed E-state index contributed by atoms with van der Waals surface area (Å²) >= 11 is 0. The highest BCUT2D eigenvalue weighted by atomic mass is 127. The van der Waals surface area contributed by atoms with Gasteiger partial charge in [-0.25, -0.2) is 4.99 Å². The average Bonchev–Trinajstić information content (AvgIpc) is 3.16. The van der Waals surface area contributed by atoms with Crippen LogP contribution >= 0.6 is 24.0 Å². The summed E-state index contributed by atoms with van der Waals surface area (Å²) in [6, 6.07) is 0.533. The lowest BCUT2D eigenvalue weighted by Gasteiger charge is -2.35. The van der Waals surface area contributed by atoms with Crippen molar-refractivity contribution >= 4 is 41.8 Å². The topological polar surface area (TPSA) is 80.3 Å². The number of hydrogen-bond acceptors (Lipinski definition) is 4. The zero-order valence-corrected chi connectivity index (χ0v) is 20.8. The maximum Gasteiger partial charge on any atom is 0.243 e. The predicted octanol–water partition coefficient (Wildman–Crippen LogP) is 0.971. The Morgan fingerprint density at radius 3 is 2.41 bits per heavy atom. The molecule has 0 spiro atoms. The maximum absolute atomic E-state index is 12.0. The van der Waals surface area contributed by atoms with E-state index in [1.807, 2.05) is 0 Å². The average molecular weight is 522 g/mol. The van der Waals surface area contributed by atoms with Crippen LogP contribution in [0.3, 0.4) is 0 Å². The Labute approximate surface area is 192 Å². The van der Waals surface area contributed by atoms with Crippen LogP contribution in [0, 0.1) is 5.92 Å². The van der Waals surface area contributed by atoms with Crippen molar-refractivity contribution in [2.45, 2.75) is 45.1 Å². The van der Waals surface area contributed by atoms with E-state index in [-0.39, 0.29) is 42.3 Å². The number of rotatable bonds is 7. The number of amides is 2. The third kappa shape index (κ3) is 8.27. The molecule has 29 heavy (non-hydrogen) atoms. The fourth-order valence-electron chi connectivity index (χ4n) is 4.02. The van der Waals surface area contributed by atoms with Gasteiger partial charge in [0.2, 0.25) is 11.8 Å². The van der Waals surface area contributed by atoms with Gasteiger partial charge in [0.05, 0.1) is 0 Å². The summed E-state index contributed by atoms with van der Waals surface area (Å²) < 4.78 is 0. The highest BCUT2D eigenvalue weighted by molar-refractivity contribution is 14.0. The van der Waals surface area contributed by atoms with E-state index in [1.54, 1.807) is 26.0 Å². The van der Waals surface area contributed by atoms with E-state index in [4.69, 9.17) is 0 Å². The second-order valence-electron chi connectivity index (χ2n) is 8.04. The molecule has 2 aliphatic rings. The van der Waals surface area contributed by atoms with Crippen LogP contribution in [0.2, 0.25) is 0 Å². The van der Waals surface area contributed by atoms with Crippen molar-refractivity contribution in [2.75, 3.05) is 60.4 Å². The van der Waals surface area contributed by atoms with Gasteiger partial charge in [0, 0.05) is 53.2 Å². The van der Waals surface area contributed by atoms with Gasteiger partial charge < -0.3 is 20.4 Å². The van der Waals surface area contributed by atoms with E-state index in [0.29, 0.717) is 18.4 Å². The lowest BCUT2D eigenvalue weighted by Crippen LogP contribution is -2.49. The summed E-state index contributed by atoms with van der Waals surface area (Å²) in [6.07, 6.45) is 4.99. The van der Waals surface area contributed by atoms with Crippen molar-refractivity contribution in [3.8, 4) is 0 Å². The standard InChI is InChI=1S/C20H38N6O2.HI/c1-5-25-10-6-7-17(25)14-22-20(23-15-19(28)24(3)4)26-11-8-16(9-12-26)13-18(27)21-2;/h16-17H,5-15H2,1-4H3,(H,21,27)(H,22,23);1H. The van der Waals surface area contributed by atoms with E-state index in [9.17, 15) is 9.59 Å². The lowest BCUT2D eigenvalue weighted by atomic mass is 9.93. The minimum Gasteiger partial charge on any atom is -0.359 e. The Kier molecular flexibility index (Phi) is 11.9. The summed E-state index contributed by atoms with van der Waals surface area (Å²) in [4.78, 5) is 34.6. The molecule has 2 saturated heterocycles. The largest absolute Gasteiger partial charge is 0.359 e. The third-order valence-electron chi connectivity index (χ3n) is 5.93. The molecule has 2 amide bonds. The molecule has 2 fully saturated rings. The first-order valence-corrected chi connectivity index (χ1v) is 10.6. The van der Waals surface area contributed by atoms with E-state index in [2.05, 4.69) is 32.3 Å². The molecule has 0 aromatic heterocycles. The Morgan fingerprint density at radius 1 is 1.14 bits per heavy atom. The molecule has 8 nitrogen and oxygen atoms in total. The van der Waals surface area contributed by atoms with Crippen molar-refractivity contribution in [1.29, 1.82) is 0 Å². The van der Waals surface area contributed by atoms with Crippen LogP contribution in [0.15, 0.2) is 4.99 Å². The van der Waals surface area contributed by atoms with Gasteiger partial charge in [-0.05, 0) is 44.7 Å². The number of carbonyl (C=O) groups excluding carboxylic acids is 2. The number of nitrogens with zero attached hydrogens (tertiary/aromatic N) is 4. The number of carbonyl (C=O) groups is 2. The predicted molar refractivity (Wildman–Crippen MR) is 128 cm³/mol. The minimum absolute atomic E-state index is 0. The first kappa shape index (κ1) is 25.9. The number of likely N-dealkylation sites (N-methyl/N-ethyl adjacent to an activating group) is 2. The van der Waals surface area contributed by atoms with Gasteiger partial charge in [-0.3, -0.25) is 14.5 Å². The monoisotopic (exact) mass is 522 g/mol. The second kappa shape index (κ2) is 13.3. The van der Waals surface area contributed by atoms with Crippen LogP contribution in [-0.2, 0) is 9.59 Å². The van der Waals surface area contributed by atoms with E-state index in [0.717, 1.165) is 45.0 Å². The molecule has 9 heteroatoms. The molecule has 2 rings (SSSR count). The molecule has 1 unspecified atom stereocenters. The second-order valence-corrected chi connectivity index (χ2v) is 8.04. The van der Waals surface area contributed by atoms with Gasteiger partial charge in [0.25, 0.3) is 0 Å². The van der Waals surface area contributed by atoms with Gasteiger partial charge >= 0.3 is 0 Å². The number of nitrogens with one attached hydrogen (secondary N) is 2. The maximum atomic E-state index is 12.0. The zero-order valence-electron chi connectivity index (χ0n) is 18.4. The number of piperidine rings is 1. The van der Waals surface area contributed by atoms with Gasteiger partial charge in [-0.1, -0.05) is 6.92 Å². The number of aliphatic imine (C=N–C) groups is 1. The molecule has 0 saturated carbocycles. The molecule has 2 N–H and O–H groups in total. The lowest BCUT2D eigenvalue weighted by molar-refractivity contribution is -0.127. The van der Waals surface area contributed by atoms with Gasteiger partial charge in [0.1, 0.15) is 6.54 Å². The molecule has 1 atom stereocenters. The smallest absolute Gasteiger partial charge is 0.243 e. The molecule has 0 aromatic rings. The van der Waals surface area contributed by atoms with Gasteiger partial charge in [-0.15, -0.1) is 24.0 Å². The number of likely N-dealkylation sites (tertiary alicyclic amines) is 2. The molecular weight excluding hydrogens is 483 g/mol. The summed E-state index contributed by atoms with van der Waals surface area (Å²) in [5.41, 5.74) is 0. The van der Waals surface area contributed by atoms with Crippen LogP contribution in [0.25, 0.3) is 0 Å². The van der Waals surface area contributed by atoms with Crippen LogP contribution in [0.1, 0.15) is 39.0 Å². The Bertz CT molecular complexity index is 549. The molecule has 2 aliphatic heterocycles. The first-order valence-electron chi connectivity index (χ1n) is 10.6. The molecule has 0 aromatic carbocycles. The van der Waals surface area contributed by atoms with Crippen LogP contribution in [0.4, 0.5) is 0 Å². The van der Waals surface area contributed by atoms with Crippen molar-refractivity contribution < 1.29 is 9.59 Å². The Morgan fingerprint density at radius 2 is 1.83 bits per heavy atom.